The maximum absolute atomic E-state index is 10.8. The molecular weight excluding hydrogens is 184 g/mol. The highest BCUT2D eigenvalue weighted by molar-refractivity contribution is 5.90. The molecule has 0 aliphatic heterocycles. The number of nitrogens with two attached hydrogens (primary N) is 1. The minimum Gasteiger partial charge on any atom is -0.394 e. The molecule has 0 radical (unpaired) electrons. The zero-order valence-electron chi connectivity index (χ0n) is 7.77. The van der Waals surface area contributed by atoms with E-state index in [-0.39, 0.29) is 18.3 Å². The Labute approximate surface area is 81.2 Å². The van der Waals surface area contributed by atoms with Gasteiger partial charge in [0.2, 0.25) is 0 Å². The Hall–Kier alpha value is -1.69. The summed E-state index contributed by atoms with van der Waals surface area (Å²) < 4.78 is 0. The van der Waals surface area contributed by atoms with Crippen molar-refractivity contribution in [3.63, 3.8) is 0 Å². The van der Waals surface area contributed by atoms with Crippen molar-refractivity contribution >= 4 is 11.7 Å². The Bertz CT molecular complexity index is 329. The summed E-state index contributed by atoms with van der Waals surface area (Å²) in [5.74, 6) is -0.208. The van der Waals surface area contributed by atoms with Gasteiger partial charge in [-0.25, -0.2) is 4.98 Å². The maximum atomic E-state index is 10.8. The minimum absolute atomic E-state index is 0.0253. The van der Waals surface area contributed by atoms with Crippen molar-refractivity contribution in [2.24, 2.45) is 5.73 Å². The van der Waals surface area contributed by atoms with E-state index in [0.717, 1.165) is 0 Å². The van der Waals surface area contributed by atoms with Gasteiger partial charge in [0, 0.05) is 6.04 Å². The molecule has 0 saturated carbocycles. The summed E-state index contributed by atoms with van der Waals surface area (Å²) >= 11 is 0. The van der Waals surface area contributed by atoms with E-state index >= 15 is 0 Å². The first-order valence-electron chi connectivity index (χ1n) is 4.12. The average Bonchev–Trinajstić information content (AvgIpc) is 2.18. The van der Waals surface area contributed by atoms with Crippen LogP contribution in [0.25, 0.3) is 0 Å². The topological polar surface area (TPSA) is 101 Å². The van der Waals surface area contributed by atoms with Gasteiger partial charge in [-0.2, -0.15) is 0 Å². The highest BCUT2D eigenvalue weighted by Crippen LogP contribution is 2.03. The fraction of sp³-hybridized carbons (Fsp3) is 0.375. The number of aliphatic hydroxyl groups excluding tert-OH is 1. The standard InChI is InChI=1S/C8H12N4O2/c1-5(4-13)11-7-3-10-2-6(12-7)8(9)14/h2-3,5,13H,4H2,1H3,(H2,9,14)(H,11,12). The highest BCUT2D eigenvalue weighted by atomic mass is 16.3. The Morgan fingerprint density at radius 3 is 3.00 bits per heavy atom. The lowest BCUT2D eigenvalue weighted by atomic mass is 10.3. The molecule has 0 aliphatic carbocycles. The summed E-state index contributed by atoms with van der Waals surface area (Å²) in [7, 11) is 0. The zero-order valence-corrected chi connectivity index (χ0v) is 7.77. The lowest BCUT2D eigenvalue weighted by Crippen LogP contribution is -2.21. The van der Waals surface area contributed by atoms with E-state index in [2.05, 4.69) is 15.3 Å². The second-order valence-electron chi connectivity index (χ2n) is 2.88. The third-order valence-electron chi connectivity index (χ3n) is 1.56. The normalized spacial score (nSPS) is 12.1. The van der Waals surface area contributed by atoms with Crippen LogP contribution in [0.1, 0.15) is 17.4 Å². The van der Waals surface area contributed by atoms with Crippen LogP contribution in [0, 0.1) is 0 Å². The molecule has 1 aromatic rings. The van der Waals surface area contributed by atoms with E-state index in [1.54, 1.807) is 6.92 Å². The molecule has 0 saturated heterocycles. The minimum atomic E-state index is -0.627. The lowest BCUT2D eigenvalue weighted by molar-refractivity contribution is 0.0995. The smallest absolute Gasteiger partial charge is 0.268 e. The van der Waals surface area contributed by atoms with Crippen molar-refractivity contribution in [3.05, 3.63) is 18.1 Å². The maximum Gasteiger partial charge on any atom is 0.268 e. The fourth-order valence-corrected chi connectivity index (χ4v) is 0.852. The summed E-state index contributed by atoms with van der Waals surface area (Å²) in [4.78, 5) is 18.4. The molecule has 4 N–H and O–H groups in total. The predicted octanol–water partition coefficient (Wildman–Crippen LogP) is -0.632. The van der Waals surface area contributed by atoms with Gasteiger partial charge in [0.1, 0.15) is 11.5 Å². The highest BCUT2D eigenvalue weighted by Gasteiger charge is 2.05. The van der Waals surface area contributed by atoms with Crippen LogP contribution >= 0.6 is 0 Å². The van der Waals surface area contributed by atoms with Crippen LogP contribution in [-0.2, 0) is 0 Å². The summed E-state index contributed by atoms with van der Waals surface area (Å²) in [5, 5.41) is 11.6. The monoisotopic (exact) mass is 196 g/mol. The third kappa shape index (κ3) is 2.67. The Balaban J connectivity index is 2.78. The number of aromatic nitrogens is 2. The molecule has 1 atom stereocenters. The van der Waals surface area contributed by atoms with Crippen LogP contribution < -0.4 is 11.1 Å². The van der Waals surface area contributed by atoms with Crippen molar-refractivity contribution in [2.75, 3.05) is 11.9 Å². The molecule has 1 aromatic heterocycles. The molecule has 76 valence electrons. The number of primary amides is 1. The molecule has 0 bridgehead atoms. The molecule has 1 rings (SSSR count). The Morgan fingerprint density at radius 2 is 2.43 bits per heavy atom. The van der Waals surface area contributed by atoms with Crippen LogP contribution in [-0.4, -0.2) is 33.6 Å². The van der Waals surface area contributed by atoms with Gasteiger partial charge in [-0.15, -0.1) is 0 Å². The molecule has 0 spiro atoms. The van der Waals surface area contributed by atoms with E-state index in [0.29, 0.717) is 5.82 Å². The van der Waals surface area contributed by atoms with Crippen LogP contribution in [0.4, 0.5) is 5.82 Å². The molecule has 1 heterocycles. The van der Waals surface area contributed by atoms with E-state index in [1.807, 2.05) is 0 Å². The van der Waals surface area contributed by atoms with E-state index in [4.69, 9.17) is 10.8 Å². The summed E-state index contributed by atoms with van der Waals surface area (Å²) in [6.07, 6.45) is 2.75. The molecule has 6 nitrogen and oxygen atoms in total. The Morgan fingerprint density at radius 1 is 1.71 bits per heavy atom. The van der Waals surface area contributed by atoms with Crippen LogP contribution in [0.2, 0.25) is 0 Å². The summed E-state index contributed by atoms with van der Waals surface area (Å²) in [5.41, 5.74) is 5.12. The van der Waals surface area contributed by atoms with E-state index in [9.17, 15) is 4.79 Å². The number of aliphatic hydroxyl groups is 1. The van der Waals surface area contributed by atoms with E-state index < -0.39 is 5.91 Å². The molecule has 1 unspecified atom stereocenters. The van der Waals surface area contributed by atoms with Crippen molar-refractivity contribution in [1.82, 2.24) is 9.97 Å². The van der Waals surface area contributed by atoms with Crippen LogP contribution in [0.15, 0.2) is 12.4 Å². The second kappa shape index (κ2) is 4.52. The molecule has 0 fully saturated rings. The van der Waals surface area contributed by atoms with Gasteiger partial charge < -0.3 is 16.2 Å². The lowest BCUT2D eigenvalue weighted by Gasteiger charge is -2.10. The van der Waals surface area contributed by atoms with Gasteiger partial charge in [0.25, 0.3) is 5.91 Å². The van der Waals surface area contributed by atoms with Gasteiger partial charge in [-0.1, -0.05) is 0 Å². The largest absolute Gasteiger partial charge is 0.394 e. The number of amides is 1. The van der Waals surface area contributed by atoms with Gasteiger partial charge in [-0.05, 0) is 6.92 Å². The molecule has 0 aromatic carbocycles. The first-order valence-corrected chi connectivity index (χ1v) is 4.12. The third-order valence-corrected chi connectivity index (χ3v) is 1.56. The first-order chi connectivity index (χ1) is 6.63. The van der Waals surface area contributed by atoms with Crippen LogP contribution in [0.5, 0.6) is 0 Å². The summed E-state index contributed by atoms with van der Waals surface area (Å²) in [6.45, 7) is 1.75. The molecule has 6 heteroatoms. The number of nitrogens with zero attached hydrogens (tertiary/aromatic N) is 2. The second-order valence-corrected chi connectivity index (χ2v) is 2.88. The summed E-state index contributed by atoms with van der Waals surface area (Å²) in [6, 6.07) is -0.146. The van der Waals surface area contributed by atoms with Crippen molar-refractivity contribution in [2.45, 2.75) is 13.0 Å². The van der Waals surface area contributed by atoms with Gasteiger partial charge >= 0.3 is 0 Å². The average molecular weight is 196 g/mol. The zero-order chi connectivity index (χ0) is 10.6. The molecule has 0 aliphatic rings. The van der Waals surface area contributed by atoms with Gasteiger partial charge in [0.05, 0.1) is 19.0 Å². The fourth-order valence-electron chi connectivity index (χ4n) is 0.852. The van der Waals surface area contributed by atoms with Crippen LogP contribution in [0.3, 0.4) is 0 Å². The Kier molecular flexibility index (Phi) is 3.35. The number of hydrogen-bond donors (Lipinski definition) is 3. The SMILES string of the molecule is CC(CO)Nc1cncc(C(N)=O)n1. The number of nitrogens with one attached hydrogen (secondary N) is 1. The van der Waals surface area contributed by atoms with Gasteiger partial charge in [0.15, 0.2) is 0 Å². The molecule has 1 amide bonds. The number of anilines is 1. The molecule has 14 heavy (non-hydrogen) atoms. The first kappa shape index (κ1) is 10.4. The number of carbonyl (C=O) groups is 1. The predicted molar refractivity (Wildman–Crippen MR) is 50.7 cm³/mol. The van der Waals surface area contributed by atoms with Crippen molar-refractivity contribution < 1.29 is 9.90 Å². The number of rotatable bonds is 4. The van der Waals surface area contributed by atoms with E-state index in [1.165, 1.54) is 12.4 Å². The van der Waals surface area contributed by atoms with Gasteiger partial charge in [-0.3, -0.25) is 9.78 Å². The van der Waals surface area contributed by atoms with Crippen molar-refractivity contribution in [1.29, 1.82) is 0 Å². The number of carbonyl (C=O) groups excluding carboxylic acids is 1. The molecular formula is C8H12N4O2. The number of hydrogen-bond acceptors (Lipinski definition) is 5. The van der Waals surface area contributed by atoms with Crippen molar-refractivity contribution in [3.8, 4) is 0 Å². The quantitative estimate of drug-likeness (QED) is 0.595.